The molecule has 1 aromatic rings. The number of nitrogens with two attached hydrogens (primary N) is 1. The van der Waals surface area contributed by atoms with Gasteiger partial charge in [0.25, 0.3) is 0 Å². The van der Waals surface area contributed by atoms with Crippen LogP contribution in [0.5, 0.6) is 5.75 Å². The van der Waals surface area contributed by atoms with Gasteiger partial charge in [0.05, 0.1) is 6.61 Å². The van der Waals surface area contributed by atoms with Gasteiger partial charge in [-0.25, -0.2) is 0 Å². The number of ether oxygens (including phenoxy) is 1. The summed E-state index contributed by atoms with van der Waals surface area (Å²) in [5.74, 6) is 0.891. The number of aryl methyl sites for hydroxylation is 2. The molecule has 1 heterocycles. The Morgan fingerprint density at radius 1 is 1.29 bits per heavy atom. The normalized spacial score (nSPS) is 11.6. The predicted octanol–water partition coefficient (Wildman–Crippen LogP) is 2.97. The van der Waals surface area contributed by atoms with Gasteiger partial charge in [-0.05, 0) is 25.7 Å². The zero-order chi connectivity index (χ0) is 13.1. The van der Waals surface area contributed by atoms with Gasteiger partial charge in [-0.2, -0.15) is 0 Å². The molecule has 0 aliphatic heterocycles. The van der Waals surface area contributed by atoms with Gasteiger partial charge in [0.2, 0.25) is 0 Å². The smallest absolute Gasteiger partial charge is 0.127 e. The van der Waals surface area contributed by atoms with Crippen molar-refractivity contribution in [2.24, 2.45) is 11.1 Å². The van der Waals surface area contributed by atoms with Gasteiger partial charge in [0.15, 0.2) is 0 Å². The van der Waals surface area contributed by atoms with Gasteiger partial charge in [-0.3, -0.25) is 4.98 Å². The molecule has 0 spiro atoms. The minimum absolute atomic E-state index is 0.292. The summed E-state index contributed by atoms with van der Waals surface area (Å²) >= 11 is 0. The lowest BCUT2D eigenvalue weighted by Gasteiger charge is -2.19. The number of rotatable bonds is 4. The van der Waals surface area contributed by atoms with Gasteiger partial charge in [0.1, 0.15) is 5.75 Å². The fraction of sp³-hybridized carbons (Fsp3) is 0.643. The summed E-state index contributed by atoms with van der Waals surface area (Å²) < 4.78 is 5.85. The van der Waals surface area contributed by atoms with Crippen LogP contribution in [-0.2, 0) is 6.54 Å². The molecule has 96 valence electrons. The number of nitrogens with zero attached hydrogens (tertiary/aromatic N) is 1. The van der Waals surface area contributed by atoms with Crippen LogP contribution in [0.4, 0.5) is 0 Å². The van der Waals surface area contributed by atoms with Gasteiger partial charge in [-0.15, -0.1) is 0 Å². The Morgan fingerprint density at radius 2 is 1.94 bits per heavy atom. The Morgan fingerprint density at radius 3 is 2.47 bits per heavy atom. The van der Waals surface area contributed by atoms with Crippen molar-refractivity contribution in [2.45, 2.75) is 47.6 Å². The molecule has 1 rings (SSSR count). The highest BCUT2D eigenvalue weighted by Crippen LogP contribution is 2.24. The minimum Gasteiger partial charge on any atom is -0.493 e. The first-order valence-corrected chi connectivity index (χ1v) is 6.13. The van der Waals surface area contributed by atoms with Crippen LogP contribution in [0.3, 0.4) is 0 Å². The molecule has 0 bridgehead atoms. The van der Waals surface area contributed by atoms with Gasteiger partial charge in [-0.1, -0.05) is 20.8 Å². The van der Waals surface area contributed by atoms with E-state index in [9.17, 15) is 0 Å². The van der Waals surface area contributed by atoms with Crippen LogP contribution in [0.25, 0.3) is 0 Å². The first-order chi connectivity index (χ1) is 7.83. The largest absolute Gasteiger partial charge is 0.493 e. The van der Waals surface area contributed by atoms with Crippen molar-refractivity contribution in [3.8, 4) is 5.75 Å². The molecule has 0 atom stereocenters. The summed E-state index contributed by atoms with van der Waals surface area (Å²) in [5.41, 5.74) is 9.00. The maximum absolute atomic E-state index is 5.85. The molecule has 0 amide bonds. The predicted molar refractivity (Wildman–Crippen MR) is 71.2 cm³/mol. The fourth-order valence-corrected chi connectivity index (χ4v) is 1.66. The standard InChI is InChI=1S/C14H24N2O/c1-10-8-13(12(9-15)11(2)16-10)17-7-6-14(3,4)5/h8H,6-7,9,15H2,1-5H3. The minimum atomic E-state index is 0.292. The lowest BCUT2D eigenvalue weighted by molar-refractivity contribution is 0.241. The monoisotopic (exact) mass is 236 g/mol. The summed E-state index contributed by atoms with van der Waals surface area (Å²) in [5, 5.41) is 0. The number of aromatic nitrogens is 1. The van der Waals surface area contributed by atoms with E-state index in [2.05, 4.69) is 25.8 Å². The van der Waals surface area contributed by atoms with Crippen molar-refractivity contribution < 1.29 is 4.74 Å². The molecule has 1 aromatic heterocycles. The Hall–Kier alpha value is -1.09. The summed E-state index contributed by atoms with van der Waals surface area (Å²) in [4.78, 5) is 4.40. The van der Waals surface area contributed by atoms with Crippen LogP contribution in [0.1, 0.15) is 44.1 Å². The molecule has 0 unspecified atom stereocenters. The van der Waals surface area contributed by atoms with Crippen LogP contribution in [0, 0.1) is 19.3 Å². The third-order valence-electron chi connectivity index (χ3n) is 2.73. The molecule has 0 saturated heterocycles. The van der Waals surface area contributed by atoms with Crippen molar-refractivity contribution >= 4 is 0 Å². The second kappa shape index (κ2) is 5.50. The summed E-state index contributed by atoms with van der Waals surface area (Å²) in [7, 11) is 0. The van der Waals surface area contributed by atoms with Crippen LogP contribution < -0.4 is 10.5 Å². The van der Waals surface area contributed by atoms with Crippen LogP contribution in [-0.4, -0.2) is 11.6 Å². The molecule has 0 aliphatic rings. The van der Waals surface area contributed by atoms with E-state index in [1.165, 1.54) is 0 Å². The van der Waals surface area contributed by atoms with Crippen LogP contribution in [0.2, 0.25) is 0 Å². The summed E-state index contributed by atoms with van der Waals surface area (Å²) in [6.45, 7) is 11.8. The highest BCUT2D eigenvalue weighted by molar-refractivity contribution is 5.37. The molecule has 0 fully saturated rings. The third kappa shape index (κ3) is 4.35. The van der Waals surface area contributed by atoms with E-state index in [1.807, 2.05) is 19.9 Å². The highest BCUT2D eigenvalue weighted by atomic mass is 16.5. The van der Waals surface area contributed by atoms with Crippen molar-refractivity contribution in [2.75, 3.05) is 6.61 Å². The van der Waals surface area contributed by atoms with Crippen molar-refractivity contribution in [1.29, 1.82) is 0 Å². The fourth-order valence-electron chi connectivity index (χ4n) is 1.66. The van der Waals surface area contributed by atoms with Crippen LogP contribution in [0.15, 0.2) is 6.07 Å². The molecule has 3 nitrogen and oxygen atoms in total. The molecule has 0 radical (unpaired) electrons. The molecular formula is C14H24N2O. The van der Waals surface area contributed by atoms with Crippen molar-refractivity contribution in [3.05, 3.63) is 23.0 Å². The molecule has 0 aromatic carbocycles. The first kappa shape index (κ1) is 14.0. The van der Waals surface area contributed by atoms with E-state index in [4.69, 9.17) is 10.5 Å². The third-order valence-corrected chi connectivity index (χ3v) is 2.73. The second-order valence-electron chi connectivity index (χ2n) is 5.69. The maximum atomic E-state index is 5.85. The zero-order valence-corrected chi connectivity index (χ0v) is 11.6. The van der Waals surface area contributed by atoms with E-state index < -0.39 is 0 Å². The Bertz CT molecular complexity index is 381. The van der Waals surface area contributed by atoms with Gasteiger partial charge < -0.3 is 10.5 Å². The van der Waals surface area contributed by atoms with E-state index in [0.29, 0.717) is 12.0 Å². The molecule has 0 saturated carbocycles. The SMILES string of the molecule is Cc1cc(OCCC(C)(C)C)c(CN)c(C)n1. The number of hydrogen-bond donors (Lipinski definition) is 1. The molecule has 2 N–H and O–H groups in total. The highest BCUT2D eigenvalue weighted by Gasteiger charge is 2.12. The molecule has 0 aliphatic carbocycles. The van der Waals surface area contributed by atoms with E-state index >= 15 is 0 Å². The Kier molecular flexibility index (Phi) is 4.52. The Labute approximate surface area is 104 Å². The van der Waals surface area contributed by atoms with E-state index in [-0.39, 0.29) is 0 Å². The van der Waals surface area contributed by atoms with Crippen molar-refractivity contribution in [3.63, 3.8) is 0 Å². The average Bonchev–Trinajstić information content (AvgIpc) is 2.14. The molecule has 3 heteroatoms. The summed E-state index contributed by atoms with van der Waals surface area (Å²) in [6, 6.07) is 1.97. The summed E-state index contributed by atoms with van der Waals surface area (Å²) in [6.07, 6.45) is 1.03. The number of hydrogen-bond acceptors (Lipinski definition) is 3. The topological polar surface area (TPSA) is 48.1 Å². The number of pyridine rings is 1. The Balaban J connectivity index is 2.76. The average molecular weight is 236 g/mol. The second-order valence-corrected chi connectivity index (χ2v) is 5.69. The van der Waals surface area contributed by atoms with Gasteiger partial charge >= 0.3 is 0 Å². The lowest BCUT2D eigenvalue weighted by Crippen LogP contribution is -2.13. The maximum Gasteiger partial charge on any atom is 0.127 e. The van der Waals surface area contributed by atoms with Gasteiger partial charge in [0, 0.05) is 29.6 Å². The van der Waals surface area contributed by atoms with Crippen molar-refractivity contribution in [1.82, 2.24) is 4.98 Å². The molecule has 17 heavy (non-hydrogen) atoms. The van der Waals surface area contributed by atoms with E-state index in [1.54, 1.807) is 0 Å². The molecular weight excluding hydrogens is 212 g/mol. The lowest BCUT2D eigenvalue weighted by atomic mass is 9.93. The van der Waals surface area contributed by atoms with E-state index in [0.717, 1.165) is 35.7 Å². The zero-order valence-electron chi connectivity index (χ0n) is 11.6. The van der Waals surface area contributed by atoms with Crippen LogP contribution >= 0.6 is 0 Å². The quantitative estimate of drug-likeness (QED) is 0.874. The first-order valence-electron chi connectivity index (χ1n) is 6.13.